The molecule has 3 aliphatic rings. The van der Waals surface area contributed by atoms with Crippen LogP contribution in [0.4, 0.5) is 0 Å². The van der Waals surface area contributed by atoms with Gasteiger partial charge in [-0.15, -0.1) is 0 Å². The van der Waals surface area contributed by atoms with E-state index < -0.39 is 0 Å². The van der Waals surface area contributed by atoms with Gasteiger partial charge in [0.05, 0.1) is 16.4 Å². The molecule has 2 fully saturated rings. The number of hydrogen-bond donors (Lipinski definition) is 1. The van der Waals surface area contributed by atoms with E-state index in [2.05, 4.69) is 66.1 Å². The summed E-state index contributed by atoms with van der Waals surface area (Å²) < 4.78 is 3.14. The Balaban J connectivity index is 1.36. The summed E-state index contributed by atoms with van der Waals surface area (Å²) in [5.41, 5.74) is 3.84. The average Bonchev–Trinajstić information content (AvgIpc) is 3.08. The third-order valence-corrected chi connectivity index (χ3v) is 8.09. The van der Waals surface area contributed by atoms with Gasteiger partial charge in [-0.3, -0.25) is 9.88 Å². The minimum atomic E-state index is 0.597. The Hall–Kier alpha value is -1.92. The maximum Gasteiger partial charge on any atom is 0.128 e. The fourth-order valence-electron chi connectivity index (χ4n) is 5.69. The van der Waals surface area contributed by atoms with Gasteiger partial charge >= 0.3 is 0 Å². The van der Waals surface area contributed by atoms with Crippen LogP contribution in [0.5, 0.6) is 0 Å². The number of aromatic nitrogens is 3. The van der Waals surface area contributed by atoms with Crippen LogP contribution in [0.2, 0.25) is 0 Å². The molecule has 5 nitrogen and oxygen atoms in total. The Morgan fingerprint density at radius 1 is 1.19 bits per heavy atom. The molecule has 1 saturated heterocycles. The first-order chi connectivity index (χ1) is 15.7. The predicted octanol–water partition coefficient (Wildman–Crippen LogP) is 5.40. The van der Waals surface area contributed by atoms with Gasteiger partial charge in [0.1, 0.15) is 5.82 Å². The van der Waals surface area contributed by atoms with Gasteiger partial charge in [-0.25, -0.2) is 4.68 Å². The first-order valence-corrected chi connectivity index (χ1v) is 13.0. The molecule has 0 amide bonds. The zero-order valence-corrected chi connectivity index (χ0v) is 20.6. The molecule has 0 bridgehead atoms. The van der Waals surface area contributed by atoms with Crippen LogP contribution in [0.15, 0.2) is 52.9 Å². The van der Waals surface area contributed by atoms with Gasteiger partial charge < -0.3 is 5.32 Å². The van der Waals surface area contributed by atoms with Gasteiger partial charge in [0.15, 0.2) is 0 Å². The molecular formula is C26H34BrN5. The number of pyridine rings is 1. The normalized spacial score (nSPS) is 26.6. The zero-order chi connectivity index (χ0) is 21.9. The van der Waals surface area contributed by atoms with E-state index in [-0.39, 0.29) is 0 Å². The number of hydrogen-bond acceptors (Lipinski definition) is 4. The lowest BCUT2D eigenvalue weighted by Gasteiger charge is -2.41. The molecule has 3 unspecified atom stereocenters. The summed E-state index contributed by atoms with van der Waals surface area (Å²) in [6.45, 7) is 5.63. The maximum absolute atomic E-state index is 4.67. The molecule has 170 valence electrons. The van der Waals surface area contributed by atoms with Gasteiger partial charge in [-0.05, 0) is 83.3 Å². The van der Waals surface area contributed by atoms with Crippen LogP contribution in [0.1, 0.15) is 56.7 Å². The summed E-state index contributed by atoms with van der Waals surface area (Å²) in [6.07, 6.45) is 19.5. The third kappa shape index (κ3) is 4.86. The molecule has 0 spiro atoms. The van der Waals surface area contributed by atoms with Crippen LogP contribution in [0.3, 0.4) is 0 Å². The predicted molar refractivity (Wildman–Crippen MR) is 133 cm³/mol. The highest BCUT2D eigenvalue weighted by atomic mass is 79.9. The van der Waals surface area contributed by atoms with Gasteiger partial charge in [0.2, 0.25) is 0 Å². The van der Waals surface area contributed by atoms with Crippen molar-refractivity contribution in [2.45, 2.75) is 64.5 Å². The number of rotatable bonds is 5. The maximum atomic E-state index is 4.67. The number of nitrogens with zero attached hydrogens (tertiary/aromatic N) is 4. The Labute approximate surface area is 200 Å². The van der Waals surface area contributed by atoms with Crippen LogP contribution in [-0.4, -0.2) is 38.8 Å². The van der Waals surface area contributed by atoms with E-state index in [1.54, 1.807) is 0 Å². The minimum Gasteiger partial charge on any atom is -0.366 e. The molecule has 5 rings (SSSR count). The van der Waals surface area contributed by atoms with Crippen LogP contribution >= 0.6 is 15.9 Å². The van der Waals surface area contributed by atoms with Crippen LogP contribution in [0.25, 0.3) is 5.82 Å². The zero-order valence-electron chi connectivity index (χ0n) is 19.0. The molecule has 2 aliphatic heterocycles. The van der Waals surface area contributed by atoms with Crippen molar-refractivity contribution in [1.82, 2.24) is 25.0 Å². The molecule has 32 heavy (non-hydrogen) atoms. The smallest absolute Gasteiger partial charge is 0.128 e. The number of likely N-dealkylation sites (tertiary alicyclic amines) is 1. The lowest BCUT2D eigenvalue weighted by Crippen LogP contribution is -2.44. The highest BCUT2D eigenvalue weighted by Crippen LogP contribution is 2.34. The number of halogens is 1. The Morgan fingerprint density at radius 2 is 2.12 bits per heavy atom. The molecule has 6 heteroatoms. The van der Waals surface area contributed by atoms with Gasteiger partial charge in [-0.2, -0.15) is 5.10 Å². The molecule has 0 radical (unpaired) electrons. The molecule has 2 aromatic rings. The van der Waals surface area contributed by atoms with Crippen molar-refractivity contribution in [3.05, 3.63) is 64.2 Å². The molecule has 3 atom stereocenters. The van der Waals surface area contributed by atoms with Crippen molar-refractivity contribution >= 4 is 21.8 Å². The van der Waals surface area contributed by atoms with Crippen molar-refractivity contribution in [2.75, 3.05) is 13.1 Å². The van der Waals surface area contributed by atoms with Gasteiger partial charge in [0.25, 0.3) is 0 Å². The quantitative estimate of drug-likeness (QED) is 0.602. The largest absolute Gasteiger partial charge is 0.366 e. The van der Waals surface area contributed by atoms with Crippen LogP contribution in [-0.2, 0) is 13.0 Å². The fourth-order valence-corrected chi connectivity index (χ4v) is 6.11. The van der Waals surface area contributed by atoms with Crippen molar-refractivity contribution in [3.8, 4) is 0 Å². The van der Waals surface area contributed by atoms with Crippen molar-refractivity contribution in [1.29, 1.82) is 0 Å². The second-order valence-electron chi connectivity index (χ2n) is 9.76. The molecule has 2 aromatic heterocycles. The number of nitrogens with one attached hydrogen (secondary N) is 1. The topological polar surface area (TPSA) is 46.0 Å². The van der Waals surface area contributed by atoms with E-state index in [4.69, 9.17) is 0 Å². The highest BCUT2D eigenvalue weighted by Gasteiger charge is 2.30. The van der Waals surface area contributed by atoms with Crippen molar-refractivity contribution < 1.29 is 0 Å². The SMILES string of the molecule is CC1CCCC(N2CCCC(C3=CCc4c(Br)cnn4C(NCc4cccnc4)=C3)C2)C1. The van der Waals surface area contributed by atoms with Gasteiger partial charge in [-0.1, -0.05) is 31.9 Å². The lowest BCUT2D eigenvalue weighted by molar-refractivity contribution is 0.0946. The average molecular weight is 496 g/mol. The molecule has 4 heterocycles. The highest BCUT2D eigenvalue weighted by molar-refractivity contribution is 9.10. The van der Waals surface area contributed by atoms with E-state index in [9.17, 15) is 0 Å². The van der Waals surface area contributed by atoms with Crippen molar-refractivity contribution in [3.63, 3.8) is 0 Å². The van der Waals surface area contributed by atoms with E-state index in [0.717, 1.165) is 35.2 Å². The summed E-state index contributed by atoms with van der Waals surface area (Å²) in [5, 5.41) is 8.31. The standard InChI is InChI=1S/C26H34BrN5/c1-19-5-2-8-23(13-19)31-12-4-7-22(18-31)21-9-10-25-24(27)17-30-32(25)26(14-21)29-16-20-6-3-11-28-15-20/h3,6,9,11,14-15,17,19,22-23,29H,2,4-5,7-8,10,12-13,16,18H2,1H3. The summed E-state index contributed by atoms with van der Waals surface area (Å²) >= 11 is 3.71. The van der Waals surface area contributed by atoms with Crippen LogP contribution in [0, 0.1) is 11.8 Å². The number of piperidine rings is 1. The third-order valence-electron chi connectivity index (χ3n) is 7.43. The first kappa shape index (κ1) is 21.9. The summed E-state index contributed by atoms with van der Waals surface area (Å²) in [5.74, 6) is 2.53. The Kier molecular flexibility index (Phi) is 6.79. The van der Waals surface area contributed by atoms with Crippen molar-refractivity contribution in [2.24, 2.45) is 11.8 Å². The summed E-state index contributed by atoms with van der Waals surface area (Å²) in [6, 6.07) is 4.88. The van der Waals surface area contributed by atoms with E-state index in [1.165, 1.54) is 68.4 Å². The molecule has 1 aliphatic carbocycles. The molecular weight excluding hydrogens is 462 g/mol. The van der Waals surface area contributed by atoms with Gasteiger partial charge in [0, 0.05) is 37.9 Å². The first-order valence-electron chi connectivity index (χ1n) is 12.2. The van der Waals surface area contributed by atoms with Crippen LogP contribution < -0.4 is 5.32 Å². The molecule has 1 N–H and O–H groups in total. The monoisotopic (exact) mass is 495 g/mol. The number of allylic oxidation sites excluding steroid dienone is 2. The Bertz CT molecular complexity index is 979. The molecule has 0 aromatic carbocycles. The lowest BCUT2D eigenvalue weighted by atomic mass is 9.83. The van der Waals surface area contributed by atoms with E-state index in [1.807, 2.05) is 24.7 Å². The second kappa shape index (κ2) is 9.92. The van der Waals surface area contributed by atoms with E-state index in [0.29, 0.717) is 5.92 Å². The fraction of sp³-hybridized carbons (Fsp3) is 0.538. The summed E-state index contributed by atoms with van der Waals surface area (Å²) in [7, 11) is 0. The number of fused-ring (bicyclic) bond motifs is 1. The minimum absolute atomic E-state index is 0.597. The Morgan fingerprint density at radius 3 is 2.97 bits per heavy atom. The summed E-state index contributed by atoms with van der Waals surface area (Å²) in [4.78, 5) is 7.06. The molecule has 1 saturated carbocycles. The van der Waals surface area contributed by atoms with E-state index >= 15 is 0 Å². The second-order valence-corrected chi connectivity index (χ2v) is 10.6.